The number of rotatable bonds is 3. The van der Waals surface area contributed by atoms with Crippen molar-refractivity contribution in [2.24, 2.45) is 5.84 Å². The molecule has 0 aliphatic rings. The van der Waals surface area contributed by atoms with Crippen LogP contribution in [0, 0.1) is 10.1 Å². The minimum Gasteiger partial charge on any atom is -0.497 e. The molecule has 8 nitrogen and oxygen atoms in total. The van der Waals surface area contributed by atoms with Crippen molar-refractivity contribution in [1.29, 1.82) is 0 Å². The monoisotopic (exact) mass is 231 g/mol. The zero-order valence-corrected chi connectivity index (χ0v) is 8.84. The number of hydrogen-bond acceptors (Lipinski definition) is 6. The Morgan fingerprint density at radius 3 is 2.38 bits per heavy atom. The van der Waals surface area contributed by atoms with Crippen molar-refractivity contribution in [3.63, 3.8) is 0 Å². The van der Waals surface area contributed by atoms with Gasteiger partial charge in [-0.2, -0.15) is 0 Å². The summed E-state index contributed by atoms with van der Waals surface area (Å²) in [5, 5.41) is 13.6. The van der Waals surface area contributed by atoms with E-state index in [-0.39, 0.29) is 0 Å². The first-order chi connectivity index (χ1) is 7.54. The van der Waals surface area contributed by atoms with E-state index in [9.17, 15) is 0 Å². The molecule has 16 heavy (non-hydrogen) atoms. The Labute approximate surface area is 91.7 Å². The molecule has 1 aromatic carbocycles. The minimum absolute atomic E-state index is 0.664. The van der Waals surface area contributed by atoms with Gasteiger partial charge in [0.15, 0.2) is 0 Å². The number of nitrogen functional groups attached to an aromatic ring is 1. The van der Waals surface area contributed by atoms with Crippen LogP contribution in [0.5, 0.6) is 11.5 Å². The second-order valence-electron chi connectivity index (χ2n) is 2.45. The lowest BCUT2D eigenvalue weighted by molar-refractivity contribution is -0.742. The number of methoxy groups -OCH3 is 2. The molecular weight excluding hydrogens is 218 g/mol. The number of hydrogen-bond donors (Lipinski definition) is 3. The van der Waals surface area contributed by atoms with Gasteiger partial charge in [-0.05, 0) is 12.1 Å². The van der Waals surface area contributed by atoms with Gasteiger partial charge in [-0.3, -0.25) is 5.84 Å². The van der Waals surface area contributed by atoms with E-state index in [1.165, 1.54) is 0 Å². The average molecular weight is 231 g/mol. The van der Waals surface area contributed by atoms with Gasteiger partial charge in [0.05, 0.1) is 19.9 Å². The van der Waals surface area contributed by atoms with Crippen LogP contribution in [0.2, 0.25) is 0 Å². The summed E-state index contributed by atoms with van der Waals surface area (Å²) in [4.78, 5) is 8.36. The van der Waals surface area contributed by atoms with Gasteiger partial charge in [-0.1, -0.05) is 0 Å². The van der Waals surface area contributed by atoms with E-state index in [2.05, 4.69) is 5.43 Å². The molecule has 90 valence electrons. The summed E-state index contributed by atoms with van der Waals surface area (Å²) in [7, 11) is 3.18. The maximum absolute atomic E-state index is 8.36. The quantitative estimate of drug-likeness (QED) is 0.396. The number of anilines is 1. The van der Waals surface area contributed by atoms with Crippen LogP contribution < -0.4 is 20.7 Å². The van der Waals surface area contributed by atoms with Crippen LogP contribution in [0.3, 0.4) is 0 Å². The number of nitrogens with one attached hydrogen (secondary N) is 1. The molecular formula is C8H13N3O5. The normalized spacial score (nSPS) is 8.44. The topological polar surface area (TPSA) is 120 Å². The SMILES string of the molecule is COc1ccc(NN)c(OC)c1.O=[N+]([O-])O. The summed E-state index contributed by atoms with van der Waals surface area (Å²) in [5.74, 6) is 6.65. The summed E-state index contributed by atoms with van der Waals surface area (Å²) in [6.07, 6.45) is 0. The molecule has 8 heteroatoms. The van der Waals surface area contributed by atoms with E-state index in [1.807, 2.05) is 0 Å². The van der Waals surface area contributed by atoms with E-state index in [4.69, 9.17) is 30.6 Å². The van der Waals surface area contributed by atoms with Crippen LogP contribution in [0.4, 0.5) is 5.69 Å². The first kappa shape index (κ1) is 13.8. The van der Waals surface area contributed by atoms with Crippen molar-refractivity contribution < 1.29 is 19.8 Å². The zero-order chi connectivity index (χ0) is 12.6. The van der Waals surface area contributed by atoms with Crippen LogP contribution in [0.15, 0.2) is 18.2 Å². The van der Waals surface area contributed by atoms with Gasteiger partial charge in [0.25, 0.3) is 5.09 Å². The third-order valence-corrected chi connectivity index (χ3v) is 1.56. The highest BCUT2D eigenvalue weighted by Gasteiger charge is 2.01. The number of nitrogens with two attached hydrogens (primary N) is 1. The van der Waals surface area contributed by atoms with Crippen molar-refractivity contribution in [2.75, 3.05) is 19.6 Å². The van der Waals surface area contributed by atoms with E-state index >= 15 is 0 Å². The second kappa shape index (κ2) is 7.12. The zero-order valence-electron chi connectivity index (χ0n) is 8.84. The van der Waals surface area contributed by atoms with Crippen molar-refractivity contribution in [3.05, 3.63) is 28.3 Å². The molecule has 0 aliphatic carbocycles. The number of hydrazine groups is 1. The Balaban J connectivity index is 0.000000487. The average Bonchev–Trinajstić information content (AvgIpc) is 2.27. The van der Waals surface area contributed by atoms with Gasteiger partial charge in [0.2, 0.25) is 0 Å². The first-order valence-corrected chi connectivity index (χ1v) is 4.07. The van der Waals surface area contributed by atoms with E-state index in [0.29, 0.717) is 5.75 Å². The summed E-state index contributed by atoms with van der Waals surface area (Å²) in [5.41, 5.74) is 3.25. The largest absolute Gasteiger partial charge is 0.497 e. The Bertz CT molecular complexity index is 340. The van der Waals surface area contributed by atoms with Crippen molar-refractivity contribution >= 4 is 5.69 Å². The van der Waals surface area contributed by atoms with Crippen LogP contribution >= 0.6 is 0 Å². The Morgan fingerprint density at radius 1 is 1.44 bits per heavy atom. The molecule has 1 rings (SSSR count). The van der Waals surface area contributed by atoms with Crippen molar-refractivity contribution in [3.8, 4) is 11.5 Å². The van der Waals surface area contributed by atoms with Gasteiger partial charge in [-0.25, -0.2) is 0 Å². The third kappa shape index (κ3) is 4.86. The van der Waals surface area contributed by atoms with Gasteiger partial charge in [0.1, 0.15) is 11.5 Å². The molecule has 0 spiro atoms. The van der Waals surface area contributed by atoms with Crippen LogP contribution in [0.1, 0.15) is 0 Å². The molecule has 0 aliphatic heterocycles. The predicted octanol–water partition coefficient (Wildman–Crippen LogP) is 0.642. The first-order valence-electron chi connectivity index (χ1n) is 4.07. The molecule has 0 heterocycles. The molecule has 0 radical (unpaired) electrons. The third-order valence-electron chi connectivity index (χ3n) is 1.56. The fourth-order valence-electron chi connectivity index (χ4n) is 0.918. The lowest BCUT2D eigenvalue weighted by Gasteiger charge is -2.08. The van der Waals surface area contributed by atoms with Gasteiger partial charge < -0.3 is 20.1 Å². The summed E-state index contributed by atoms with van der Waals surface area (Å²) in [6.45, 7) is 0. The number of nitrogens with zero attached hydrogens (tertiary/aromatic N) is 1. The van der Waals surface area contributed by atoms with Crippen LogP contribution in [-0.2, 0) is 0 Å². The van der Waals surface area contributed by atoms with Gasteiger partial charge in [-0.15, -0.1) is 10.1 Å². The van der Waals surface area contributed by atoms with Crippen molar-refractivity contribution in [1.82, 2.24) is 0 Å². The molecule has 0 atom stereocenters. The maximum Gasteiger partial charge on any atom is 0.291 e. The molecule has 0 amide bonds. The fraction of sp³-hybridized carbons (Fsp3) is 0.250. The molecule has 1 aromatic rings. The van der Waals surface area contributed by atoms with Gasteiger partial charge >= 0.3 is 0 Å². The summed E-state index contributed by atoms with van der Waals surface area (Å²) < 4.78 is 10.1. The Kier molecular flexibility index (Phi) is 6.13. The molecule has 0 unspecified atom stereocenters. The summed E-state index contributed by atoms with van der Waals surface area (Å²) >= 11 is 0. The number of benzene rings is 1. The summed E-state index contributed by atoms with van der Waals surface area (Å²) in [6, 6.07) is 5.35. The predicted molar refractivity (Wildman–Crippen MR) is 56.1 cm³/mol. The molecule has 0 saturated carbocycles. The second-order valence-corrected chi connectivity index (χ2v) is 2.45. The molecule has 0 fully saturated rings. The molecule has 0 aromatic heterocycles. The highest BCUT2D eigenvalue weighted by atomic mass is 16.9. The van der Waals surface area contributed by atoms with E-state index in [1.54, 1.807) is 32.4 Å². The Morgan fingerprint density at radius 2 is 2.00 bits per heavy atom. The molecule has 0 bridgehead atoms. The maximum atomic E-state index is 8.36. The van der Waals surface area contributed by atoms with E-state index < -0.39 is 5.09 Å². The minimum atomic E-state index is -1.50. The molecule has 4 N–H and O–H groups in total. The highest BCUT2D eigenvalue weighted by molar-refractivity contribution is 5.58. The fourth-order valence-corrected chi connectivity index (χ4v) is 0.918. The van der Waals surface area contributed by atoms with Crippen LogP contribution in [-0.4, -0.2) is 24.5 Å². The van der Waals surface area contributed by atoms with Crippen LogP contribution in [0.25, 0.3) is 0 Å². The standard InChI is InChI=1S/C8H12N2O2.HNO3/c1-11-6-3-4-7(10-9)8(5-6)12-2;2-1(3)4/h3-5,10H,9H2,1-2H3;(H,2,3,4). The van der Waals surface area contributed by atoms with Crippen molar-refractivity contribution in [2.45, 2.75) is 0 Å². The molecule has 0 saturated heterocycles. The lowest BCUT2D eigenvalue weighted by atomic mass is 10.3. The number of ether oxygens (including phenoxy) is 2. The Hall–Kier alpha value is -2.22. The smallest absolute Gasteiger partial charge is 0.291 e. The van der Waals surface area contributed by atoms with Gasteiger partial charge in [0, 0.05) is 6.07 Å². The lowest BCUT2D eigenvalue weighted by Crippen LogP contribution is -2.07. The highest BCUT2D eigenvalue weighted by Crippen LogP contribution is 2.27. The van der Waals surface area contributed by atoms with E-state index in [0.717, 1.165) is 11.4 Å².